The molecule has 150 valence electrons. The van der Waals surface area contributed by atoms with Crippen molar-refractivity contribution in [1.29, 1.82) is 0 Å². The number of hydrogen-bond acceptors (Lipinski definition) is 0. The second-order valence-electron chi connectivity index (χ2n) is 10.0. The highest BCUT2D eigenvalue weighted by molar-refractivity contribution is 6.92. The Balaban J connectivity index is 1.63. The van der Waals surface area contributed by atoms with Crippen LogP contribution in [0.5, 0.6) is 0 Å². The third-order valence-electron chi connectivity index (χ3n) is 7.80. The van der Waals surface area contributed by atoms with Gasteiger partial charge in [-0.15, -0.1) is 0 Å². The predicted octanol–water partition coefficient (Wildman–Crippen LogP) is 7.72. The minimum Gasteiger partial charge on any atom is -0.0733 e. The fourth-order valence-corrected chi connectivity index (χ4v) is 9.42. The molecular weight excluding hydrogens is 364 g/mol. The maximum absolute atomic E-state index is 2.67. The highest BCUT2D eigenvalue weighted by Crippen LogP contribution is 2.50. The molecule has 1 saturated carbocycles. The van der Waals surface area contributed by atoms with E-state index in [4.69, 9.17) is 0 Å². The van der Waals surface area contributed by atoms with Gasteiger partial charge in [0.25, 0.3) is 0 Å². The number of rotatable bonds is 5. The van der Waals surface area contributed by atoms with E-state index >= 15 is 0 Å². The van der Waals surface area contributed by atoms with Crippen LogP contribution in [0.4, 0.5) is 0 Å². The van der Waals surface area contributed by atoms with Gasteiger partial charge in [0.15, 0.2) is 0 Å². The van der Waals surface area contributed by atoms with Gasteiger partial charge >= 0.3 is 0 Å². The molecule has 5 aliphatic rings. The lowest BCUT2D eigenvalue weighted by Gasteiger charge is -2.29. The molecule has 0 aromatic carbocycles. The molecule has 0 aromatic heterocycles. The summed E-state index contributed by atoms with van der Waals surface area (Å²) in [6.07, 6.45) is 28.4. The van der Waals surface area contributed by atoms with Gasteiger partial charge in [0.1, 0.15) is 8.07 Å². The molecule has 0 spiro atoms. The number of hydrogen-bond donors (Lipinski definition) is 0. The van der Waals surface area contributed by atoms with Crippen molar-refractivity contribution in [2.24, 2.45) is 17.8 Å². The van der Waals surface area contributed by atoms with Crippen molar-refractivity contribution in [2.45, 2.75) is 59.0 Å². The van der Waals surface area contributed by atoms with E-state index in [-0.39, 0.29) is 0 Å². The lowest BCUT2D eigenvalue weighted by Crippen LogP contribution is -2.32. The smallest absolute Gasteiger partial charge is 0.0733 e. The zero-order valence-electron chi connectivity index (χ0n) is 18.5. The summed E-state index contributed by atoms with van der Waals surface area (Å²) in [5, 5.41) is 3.34. The van der Waals surface area contributed by atoms with Crippen LogP contribution in [-0.2, 0) is 0 Å². The molecule has 3 atom stereocenters. The van der Waals surface area contributed by atoms with Crippen LogP contribution in [-0.4, -0.2) is 8.07 Å². The van der Waals surface area contributed by atoms with Crippen molar-refractivity contribution in [2.75, 3.05) is 0 Å². The van der Waals surface area contributed by atoms with Gasteiger partial charge < -0.3 is 0 Å². The van der Waals surface area contributed by atoms with Crippen molar-refractivity contribution in [3.05, 3.63) is 92.9 Å². The van der Waals surface area contributed by atoms with E-state index in [0.717, 1.165) is 0 Å². The van der Waals surface area contributed by atoms with E-state index in [9.17, 15) is 0 Å². The summed E-state index contributed by atoms with van der Waals surface area (Å²) in [5.74, 6) is 1.72. The van der Waals surface area contributed by atoms with Gasteiger partial charge in [-0.05, 0) is 53.9 Å². The standard InChI is InChI=1S/C28H34Si/c1-5-9-19(2)24-18-28(26-17-22-12-8-11-21(22)16-25(24)26)29(3,4)27-15-14-20-10-6-7-13-23(20)27/h6-7,10,13-20,25H,5,8-9,11-12H2,1-4H3. The molecule has 0 nitrogen and oxygen atoms in total. The third kappa shape index (κ3) is 3.01. The number of allylic oxidation sites excluding steroid dienone is 16. The summed E-state index contributed by atoms with van der Waals surface area (Å²) in [7, 11) is -1.77. The molecule has 29 heavy (non-hydrogen) atoms. The molecule has 5 aliphatic carbocycles. The van der Waals surface area contributed by atoms with Crippen LogP contribution >= 0.6 is 0 Å². The first-order valence-electron chi connectivity index (χ1n) is 11.7. The highest BCUT2D eigenvalue weighted by Gasteiger charge is 2.41. The van der Waals surface area contributed by atoms with Crippen LogP contribution in [0, 0.1) is 17.8 Å². The van der Waals surface area contributed by atoms with Gasteiger partial charge in [-0.2, -0.15) is 0 Å². The molecule has 0 radical (unpaired) electrons. The van der Waals surface area contributed by atoms with Gasteiger partial charge in [0.2, 0.25) is 0 Å². The molecule has 5 rings (SSSR count). The maximum Gasteiger partial charge on any atom is 0.113 e. The van der Waals surface area contributed by atoms with Crippen molar-refractivity contribution in [1.82, 2.24) is 0 Å². The summed E-state index contributed by atoms with van der Waals surface area (Å²) >= 11 is 0. The van der Waals surface area contributed by atoms with Gasteiger partial charge in [-0.25, -0.2) is 0 Å². The Kier molecular flexibility index (Phi) is 4.70. The van der Waals surface area contributed by atoms with E-state index < -0.39 is 8.07 Å². The zero-order valence-corrected chi connectivity index (χ0v) is 19.5. The first-order valence-corrected chi connectivity index (χ1v) is 14.7. The zero-order chi connectivity index (χ0) is 20.2. The van der Waals surface area contributed by atoms with E-state index in [0.29, 0.717) is 17.8 Å². The third-order valence-corrected chi connectivity index (χ3v) is 11.4. The minimum atomic E-state index is -1.77. The van der Waals surface area contributed by atoms with Crippen LogP contribution < -0.4 is 0 Å². The van der Waals surface area contributed by atoms with Gasteiger partial charge in [0.05, 0.1) is 0 Å². The van der Waals surface area contributed by atoms with E-state index in [1.54, 1.807) is 38.3 Å². The van der Waals surface area contributed by atoms with Crippen LogP contribution in [0.15, 0.2) is 92.9 Å². The fraction of sp³-hybridized carbons (Fsp3) is 0.429. The molecule has 0 heterocycles. The molecule has 0 saturated heterocycles. The molecule has 1 heteroatoms. The second-order valence-corrected chi connectivity index (χ2v) is 14.3. The topological polar surface area (TPSA) is 0 Å². The molecule has 0 N–H and O–H groups in total. The lowest BCUT2D eigenvalue weighted by atomic mass is 9.81. The van der Waals surface area contributed by atoms with Gasteiger partial charge in [0, 0.05) is 11.8 Å². The summed E-state index contributed by atoms with van der Waals surface area (Å²) in [5.41, 5.74) is 8.18. The summed E-state index contributed by atoms with van der Waals surface area (Å²) < 4.78 is 0. The Bertz CT molecular complexity index is 983. The minimum absolute atomic E-state index is 0.498. The average Bonchev–Trinajstić information content (AvgIpc) is 3.42. The normalized spacial score (nSPS) is 28.3. The Morgan fingerprint density at radius 3 is 2.62 bits per heavy atom. The molecular formula is C28H34Si. The Morgan fingerprint density at radius 1 is 0.966 bits per heavy atom. The summed E-state index contributed by atoms with van der Waals surface area (Å²) in [6, 6.07) is 0. The Labute approximate surface area is 177 Å². The Morgan fingerprint density at radius 2 is 1.79 bits per heavy atom. The van der Waals surface area contributed by atoms with Crippen LogP contribution in [0.2, 0.25) is 13.1 Å². The van der Waals surface area contributed by atoms with E-state index in [1.807, 2.05) is 0 Å². The van der Waals surface area contributed by atoms with Crippen LogP contribution in [0.3, 0.4) is 0 Å². The van der Waals surface area contributed by atoms with Gasteiger partial charge in [-0.1, -0.05) is 104 Å². The molecule has 3 unspecified atom stereocenters. The van der Waals surface area contributed by atoms with Crippen LogP contribution in [0.25, 0.3) is 0 Å². The molecule has 0 amide bonds. The van der Waals surface area contributed by atoms with Crippen molar-refractivity contribution < 1.29 is 0 Å². The highest BCUT2D eigenvalue weighted by atomic mass is 28.3. The largest absolute Gasteiger partial charge is 0.113 e. The fourth-order valence-electron chi connectivity index (χ4n) is 6.17. The van der Waals surface area contributed by atoms with Crippen LogP contribution in [0.1, 0.15) is 46.0 Å². The molecule has 0 aliphatic heterocycles. The van der Waals surface area contributed by atoms with Crippen molar-refractivity contribution in [3.8, 4) is 0 Å². The van der Waals surface area contributed by atoms with E-state index in [2.05, 4.69) is 81.6 Å². The molecule has 1 fully saturated rings. The second kappa shape index (κ2) is 7.13. The quantitative estimate of drug-likeness (QED) is 0.416. The first kappa shape index (κ1) is 19.1. The average molecular weight is 399 g/mol. The maximum atomic E-state index is 2.67. The Hall–Kier alpha value is -1.86. The lowest BCUT2D eigenvalue weighted by molar-refractivity contribution is 0.568. The SMILES string of the molecule is CCCC(C)C1=CC([Si](C)(C)C2=C3C=CC=CC3C=C2)=C2C=C3CCCC3=CC12. The molecule has 0 aromatic rings. The predicted molar refractivity (Wildman–Crippen MR) is 128 cm³/mol. The van der Waals surface area contributed by atoms with Crippen molar-refractivity contribution in [3.63, 3.8) is 0 Å². The summed E-state index contributed by atoms with van der Waals surface area (Å²) in [6.45, 7) is 9.96. The monoisotopic (exact) mass is 398 g/mol. The van der Waals surface area contributed by atoms with Crippen molar-refractivity contribution >= 4 is 8.07 Å². The molecule has 0 bridgehead atoms. The van der Waals surface area contributed by atoms with E-state index in [1.165, 1.54) is 32.1 Å². The first-order chi connectivity index (χ1) is 14.0. The summed E-state index contributed by atoms with van der Waals surface area (Å²) in [4.78, 5) is 0. The van der Waals surface area contributed by atoms with Gasteiger partial charge in [-0.3, -0.25) is 0 Å². The number of fused-ring (bicyclic) bond motifs is 3.